The van der Waals surface area contributed by atoms with Crippen molar-refractivity contribution in [2.45, 2.75) is 30.6 Å². The molecule has 0 aliphatic carbocycles. The molecule has 1 aliphatic rings. The van der Waals surface area contributed by atoms with Gasteiger partial charge in [0.25, 0.3) is 5.91 Å². The molecule has 6 heteroatoms. The van der Waals surface area contributed by atoms with Crippen molar-refractivity contribution in [3.05, 3.63) is 53.6 Å². The topological polar surface area (TPSA) is 55.4 Å². The molecule has 142 valence electrons. The summed E-state index contributed by atoms with van der Waals surface area (Å²) in [6.45, 7) is 6.65. The molecule has 0 fully saturated rings. The van der Waals surface area contributed by atoms with E-state index in [2.05, 4.69) is 19.2 Å². The molecular formula is C21H23NO3S2. The Bertz CT molecular complexity index is 847. The van der Waals surface area contributed by atoms with Gasteiger partial charge >= 0.3 is 5.97 Å². The molecule has 0 radical (unpaired) electrons. The Morgan fingerprint density at radius 3 is 2.30 bits per heavy atom. The van der Waals surface area contributed by atoms with Crippen LogP contribution in [0.4, 0.5) is 5.69 Å². The number of esters is 1. The minimum absolute atomic E-state index is 0.157. The summed E-state index contributed by atoms with van der Waals surface area (Å²) in [5, 5.41) is 2.89. The van der Waals surface area contributed by atoms with Crippen molar-refractivity contribution in [2.75, 3.05) is 23.4 Å². The molecule has 0 atom stereocenters. The maximum atomic E-state index is 12.6. The van der Waals surface area contributed by atoms with Gasteiger partial charge in [-0.1, -0.05) is 13.8 Å². The number of amides is 1. The van der Waals surface area contributed by atoms with Gasteiger partial charge in [-0.15, -0.1) is 23.5 Å². The standard InChI is InChI=1S/C21H23NO3S2/c1-4-25-20(24)14-5-8-16(9-6-14)22-19(23)15-7-10-17-18(11-15)27-13-21(2,3)12-26-17/h5-11H,4,12-13H2,1-3H3,(H,22,23). The number of nitrogens with one attached hydrogen (secondary N) is 1. The van der Waals surface area contributed by atoms with Gasteiger partial charge in [-0.2, -0.15) is 0 Å². The first-order chi connectivity index (χ1) is 12.9. The van der Waals surface area contributed by atoms with Crippen LogP contribution in [0.3, 0.4) is 0 Å². The number of anilines is 1. The molecule has 1 heterocycles. The number of thioether (sulfide) groups is 2. The van der Waals surface area contributed by atoms with E-state index in [0.717, 1.165) is 16.4 Å². The third kappa shape index (κ3) is 5.08. The lowest BCUT2D eigenvalue weighted by molar-refractivity contribution is 0.0526. The van der Waals surface area contributed by atoms with Gasteiger partial charge in [0.1, 0.15) is 0 Å². The Kier molecular flexibility index (Phi) is 6.17. The zero-order valence-corrected chi connectivity index (χ0v) is 17.3. The van der Waals surface area contributed by atoms with Gasteiger partial charge in [0, 0.05) is 32.5 Å². The first-order valence-electron chi connectivity index (χ1n) is 8.86. The van der Waals surface area contributed by atoms with Crippen molar-refractivity contribution in [3.63, 3.8) is 0 Å². The van der Waals surface area contributed by atoms with E-state index in [0.29, 0.717) is 23.4 Å². The highest BCUT2D eigenvalue weighted by Gasteiger charge is 2.24. The van der Waals surface area contributed by atoms with Crippen LogP contribution in [-0.4, -0.2) is 30.0 Å². The fraction of sp³-hybridized carbons (Fsp3) is 0.333. The zero-order chi connectivity index (χ0) is 19.4. The quantitative estimate of drug-likeness (QED) is 0.701. The molecule has 2 aromatic carbocycles. The van der Waals surface area contributed by atoms with E-state index in [1.807, 2.05) is 41.7 Å². The summed E-state index contributed by atoms with van der Waals surface area (Å²) in [6.07, 6.45) is 0. The lowest BCUT2D eigenvalue weighted by atomic mass is 10.0. The lowest BCUT2D eigenvalue weighted by Crippen LogP contribution is -2.16. The molecule has 1 amide bonds. The van der Waals surface area contributed by atoms with E-state index in [4.69, 9.17) is 4.74 Å². The predicted molar refractivity (Wildman–Crippen MR) is 112 cm³/mol. The summed E-state index contributed by atoms with van der Waals surface area (Å²) in [6, 6.07) is 12.6. The second-order valence-electron chi connectivity index (χ2n) is 7.16. The molecular weight excluding hydrogens is 378 g/mol. The van der Waals surface area contributed by atoms with Crippen molar-refractivity contribution in [1.29, 1.82) is 0 Å². The SMILES string of the molecule is CCOC(=O)c1ccc(NC(=O)c2ccc3c(c2)SCC(C)(C)CS3)cc1. The van der Waals surface area contributed by atoms with Gasteiger partial charge in [0.15, 0.2) is 0 Å². The minimum atomic E-state index is -0.362. The van der Waals surface area contributed by atoms with Crippen LogP contribution in [0.15, 0.2) is 52.3 Å². The Morgan fingerprint density at radius 2 is 1.63 bits per heavy atom. The summed E-state index contributed by atoms with van der Waals surface area (Å²) in [4.78, 5) is 26.7. The highest BCUT2D eigenvalue weighted by atomic mass is 32.2. The molecule has 0 aromatic heterocycles. The molecule has 4 nitrogen and oxygen atoms in total. The van der Waals surface area contributed by atoms with Crippen molar-refractivity contribution in [1.82, 2.24) is 0 Å². The number of hydrogen-bond donors (Lipinski definition) is 1. The summed E-state index contributed by atoms with van der Waals surface area (Å²) in [5.41, 5.74) is 2.02. The van der Waals surface area contributed by atoms with Gasteiger partial charge in [-0.05, 0) is 54.8 Å². The molecule has 0 saturated heterocycles. The average Bonchev–Trinajstić information content (AvgIpc) is 2.80. The van der Waals surface area contributed by atoms with Crippen molar-refractivity contribution < 1.29 is 14.3 Å². The lowest BCUT2D eigenvalue weighted by Gasteiger charge is -2.19. The first kappa shape index (κ1) is 19.8. The van der Waals surface area contributed by atoms with E-state index in [-0.39, 0.29) is 17.3 Å². The van der Waals surface area contributed by atoms with Crippen LogP contribution in [0.5, 0.6) is 0 Å². The Morgan fingerprint density at radius 1 is 1.00 bits per heavy atom. The van der Waals surface area contributed by atoms with Crippen LogP contribution in [0.1, 0.15) is 41.5 Å². The molecule has 0 unspecified atom stereocenters. The van der Waals surface area contributed by atoms with E-state index < -0.39 is 0 Å². The minimum Gasteiger partial charge on any atom is -0.462 e. The Hall–Kier alpha value is -1.92. The predicted octanol–water partition coefficient (Wildman–Crippen LogP) is 5.34. The molecule has 3 rings (SSSR count). The Balaban J connectivity index is 1.70. The number of fused-ring (bicyclic) bond motifs is 1. The van der Waals surface area contributed by atoms with Crippen LogP contribution < -0.4 is 5.32 Å². The van der Waals surface area contributed by atoms with Gasteiger partial charge in [0.05, 0.1) is 12.2 Å². The zero-order valence-electron chi connectivity index (χ0n) is 15.7. The third-order valence-electron chi connectivity index (χ3n) is 4.10. The summed E-state index contributed by atoms with van der Waals surface area (Å²) in [7, 11) is 0. The van der Waals surface area contributed by atoms with Crippen molar-refractivity contribution in [2.24, 2.45) is 5.41 Å². The molecule has 1 aliphatic heterocycles. The molecule has 27 heavy (non-hydrogen) atoms. The molecule has 0 saturated carbocycles. The number of carbonyl (C=O) groups excluding carboxylic acids is 2. The van der Waals surface area contributed by atoms with Crippen LogP contribution in [-0.2, 0) is 4.74 Å². The monoisotopic (exact) mass is 401 g/mol. The third-order valence-corrected chi connectivity index (χ3v) is 7.39. The van der Waals surface area contributed by atoms with Gasteiger partial charge in [-0.25, -0.2) is 4.79 Å². The van der Waals surface area contributed by atoms with Crippen LogP contribution >= 0.6 is 23.5 Å². The van der Waals surface area contributed by atoms with Crippen molar-refractivity contribution in [3.8, 4) is 0 Å². The van der Waals surface area contributed by atoms with E-state index >= 15 is 0 Å². The molecule has 1 N–H and O–H groups in total. The highest BCUT2D eigenvalue weighted by Crippen LogP contribution is 2.42. The summed E-state index contributed by atoms with van der Waals surface area (Å²) in [5.74, 6) is 1.59. The maximum absolute atomic E-state index is 12.6. The molecule has 0 bridgehead atoms. The maximum Gasteiger partial charge on any atom is 0.338 e. The number of ether oxygens (including phenoxy) is 1. The van der Waals surface area contributed by atoms with Crippen molar-refractivity contribution >= 4 is 41.1 Å². The Labute approximate surface area is 168 Å². The smallest absolute Gasteiger partial charge is 0.338 e. The largest absolute Gasteiger partial charge is 0.462 e. The fourth-order valence-electron chi connectivity index (χ4n) is 2.58. The molecule has 0 spiro atoms. The highest BCUT2D eigenvalue weighted by molar-refractivity contribution is 8.03. The average molecular weight is 402 g/mol. The van der Waals surface area contributed by atoms with Gasteiger partial charge < -0.3 is 10.1 Å². The molecule has 2 aromatic rings. The van der Waals surface area contributed by atoms with Crippen LogP contribution in [0.25, 0.3) is 0 Å². The van der Waals surface area contributed by atoms with Crippen LogP contribution in [0, 0.1) is 5.41 Å². The number of benzene rings is 2. The van der Waals surface area contributed by atoms with Gasteiger partial charge in [0.2, 0.25) is 0 Å². The van der Waals surface area contributed by atoms with Gasteiger partial charge in [-0.3, -0.25) is 4.79 Å². The first-order valence-corrected chi connectivity index (χ1v) is 10.8. The second-order valence-corrected chi connectivity index (χ2v) is 9.19. The summed E-state index contributed by atoms with van der Waals surface area (Å²) >= 11 is 3.66. The van der Waals surface area contributed by atoms with E-state index in [1.165, 1.54) is 4.90 Å². The number of carbonyl (C=O) groups is 2. The van der Waals surface area contributed by atoms with E-state index in [9.17, 15) is 9.59 Å². The van der Waals surface area contributed by atoms with Crippen LogP contribution in [0.2, 0.25) is 0 Å². The second kappa shape index (κ2) is 8.40. The fourth-order valence-corrected chi connectivity index (χ4v) is 5.14. The number of rotatable bonds is 4. The normalized spacial score (nSPS) is 15.4. The summed E-state index contributed by atoms with van der Waals surface area (Å²) < 4.78 is 4.97. The van der Waals surface area contributed by atoms with E-state index in [1.54, 1.807) is 31.2 Å². The number of hydrogen-bond acceptors (Lipinski definition) is 5.